The molecule has 4 nitrogen and oxygen atoms in total. The van der Waals surface area contributed by atoms with Crippen LogP contribution in [0.4, 0.5) is 5.69 Å². The van der Waals surface area contributed by atoms with Crippen molar-refractivity contribution in [2.45, 2.75) is 0 Å². The summed E-state index contributed by atoms with van der Waals surface area (Å²) in [6.45, 7) is 0. The van der Waals surface area contributed by atoms with Crippen LogP contribution in [0.5, 0.6) is 0 Å². The number of hydrogen-bond acceptors (Lipinski definition) is 3. The SMILES string of the molecule is CNc1c(C#N)cccc1-c1ncc[nH]1. The number of benzene rings is 1. The Kier molecular flexibility index (Phi) is 2.38. The van der Waals surface area contributed by atoms with Crippen molar-refractivity contribution in [1.82, 2.24) is 9.97 Å². The van der Waals surface area contributed by atoms with Crippen LogP contribution in [0, 0.1) is 11.3 Å². The first kappa shape index (κ1) is 9.28. The van der Waals surface area contributed by atoms with Crippen molar-refractivity contribution >= 4 is 5.69 Å². The Bertz CT molecular complexity index is 494. The van der Waals surface area contributed by atoms with Gasteiger partial charge in [0.25, 0.3) is 0 Å². The van der Waals surface area contributed by atoms with Crippen molar-refractivity contribution in [3.8, 4) is 17.5 Å². The number of nitriles is 1. The molecule has 0 bridgehead atoms. The van der Waals surface area contributed by atoms with E-state index in [1.807, 2.05) is 12.1 Å². The standard InChI is InChI=1S/C11H10N4/c1-13-10-8(7-12)3-2-4-9(10)11-14-5-6-15-11/h2-6,13H,1H3,(H,14,15). The molecule has 0 aliphatic carbocycles. The summed E-state index contributed by atoms with van der Waals surface area (Å²) in [5, 5.41) is 12.0. The van der Waals surface area contributed by atoms with Crippen LogP contribution in [0.3, 0.4) is 0 Å². The molecule has 1 aromatic heterocycles. The van der Waals surface area contributed by atoms with Gasteiger partial charge in [-0.2, -0.15) is 5.26 Å². The third-order valence-electron chi connectivity index (χ3n) is 2.19. The van der Waals surface area contributed by atoms with Gasteiger partial charge in [-0.05, 0) is 12.1 Å². The molecule has 1 heterocycles. The maximum absolute atomic E-state index is 8.95. The average molecular weight is 198 g/mol. The normalized spacial score (nSPS) is 9.60. The summed E-state index contributed by atoms with van der Waals surface area (Å²) in [6.07, 6.45) is 3.45. The maximum atomic E-state index is 8.95. The molecule has 0 saturated heterocycles. The summed E-state index contributed by atoms with van der Waals surface area (Å²) in [6, 6.07) is 7.69. The molecule has 1 aromatic carbocycles. The second kappa shape index (κ2) is 3.84. The van der Waals surface area contributed by atoms with E-state index in [4.69, 9.17) is 5.26 Å². The van der Waals surface area contributed by atoms with Crippen molar-refractivity contribution in [3.63, 3.8) is 0 Å². The maximum Gasteiger partial charge on any atom is 0.139 e. The van der Waals surface area contributed by atoms with Crippen molar-refractivity contribution < 1.29 is 0 Å². The minimum absolute atomic E-state index is 0.617. The van der Waals surface area contributed by atoms with Gasteiger partial charge in [0, 0.05) is 25.0 Å². The first-order valence-electron chi connectivity index (χ1n) is 4.57. The highest BCUT2D eigenvalue weighted by Gasteiger charge is 2.09. The Morgan fingerprint density at radius 3 is 2.93 bits per heavy atom. The number of aromatic amines is 1. The topological polar surface area (TPSA) is 64.5 Å². The van der Waals surface area contributed by atoms with Gasteiger partial charge in [0.05, 0.1) is 11.3 Å². The summed E-state index contributed by atoms with van der Waals surface area (Å²) in [7, 11) is 1.79. The van der Waals surface area contributed by atoms with Crippen LogP contribution in [0.15, 0.2) is 30.6 Å². The van der Waals surface area contributed by atoms with Crippen molar-refractivity contribution in [3.05, 3.63) is 36.2 Å². The first-order chi connectivity index (χ1) is 7.36. The molecule has 4 heteroatoms. The molecule has 0 radical (unpaired) electrons. The molecule has 0 aliphatic rings. The number of anilines is 1. The van der Waals surface area contributed by atoms with Gasteiger partial charge in [-0.1, -0.05) is 6.07 Å². The number of imidazole rings is 1. The minimum atomic E-state index is 0.617. The molecule has 2 N–H and O–H groups in total. The predicted molar refractivity (Wildman–Crippen MR) is 58.3 cm³/mol. The van der Waals surface area contributed by atoms with Gasteiger partial charge in [-0.25, -0.2) is 4.98 Å². The van der Waals surface area contributed by atoms with Gasteiger partial charge in [0.1, 0.15) is 11.9 Å². The summed E-state index contributed by atoms with van der Waals surface area (Å²) < 4.78 is 0. The van der Waals surface area contributed by atoms with Gasteiger partial charge >= 0.3 is 0 Å². The van der Waals surface area contributed by atoms with E-state index in [9.17, 15) is 0 Å². The van der Waals surface area contributed by atoms with E-state index >= 15 is 0 Å². The third-order valence-corrected chi connectivity index (χ3v) is 2.19. The van der Waals surface area contributed by atoms with E-state index in [0.29, 0.717) is 5.56 Å². The summed E-state index contributed by atoms with van der Waals surface area (Å²) in [4.78, 5) is 7.18. The fraction of sp³-hybridized carbons (Fsp3) is 0.0909. The Morgan fingerprint density at radius 2 is 2.33 bits per heavy atom. The van der Waals surface area contributed by atoms with Crippen LogP contribution < -0.4 is 5.32 Å². The van der Waals surface area contributed by atoms with E-state index < -0.39 is 0 Å². The van der Waals surface area contributed by atoms with Crippen molar-refractivity contribution in [2.24, 2.45) is 0 Å². The van der Waals surface area contributed by atoms with Crippen LogP contribution in [-0.4, -0.2) is 17.0 Å². The largest absolute Gasteiger partial charge is 0.386 e. The van der Waals surface area contributed by atoms with Crippen LogP contribution in [0.1, 0.15) is 5.56 Å². The Balaban J connectivity index is 2.63. The lowest BCUT2D eigenvalue weighted by Gasteiger charge is -2.08. The zero-order chi connectivity index (χ0) is 10.7. The molecule has 0 atom stereocenters. The Morgan fingerprint density at radius 1 is 1.47 bits per heavy atom. The molecule has 0 unspecified atom stereocenters. The van der Waals surface area contributed by atoms with E-state index in [-0.39, 0.29) is 0 Å². The Hall–Kier alpha value is -2.28. The van der Waals surface area contributed by atoms with Crippen molar-refractivity contribution in [2.75, 3.05) is 12.4 Å². The summed E-state index contributed by atoms with van der Waals surface area (Å²) in [5.41, 5.74) is 2.32. The fourth-order valence-electron chi connectivity index (χ4n) is 1.52. The molecule has 0 spiro atoms. The second-order valence-electron chi connectivity index (χ2n) is 3.03. The van der Waals surface area contributed by atoms with Crippen LogP contribution in [0.2, 0.25) is 0 Å². The number of aromatic nitrogens is 2. The molecule has 15 heavy (non-hydrogen) atoms. The zero-order valence-electron chi connectivity index (χ0n) is 8.28. The van der Waals surface area contributed by atoms with E-state index in [0.717, 1.165) is 17.1 Å². The second-order valence-corrected chi connectivity index (χ2v) is 3.03. The molecular formula is C11H10N4. The van der Waals surface area contributed by atoms with E-state index in [1.165, 1.54) is 0 Å². The highest BCUT2D eigenvalue weighted by Crippen LogP contribution is 2.27. The molecule has 2 aromatic rings. The lowest BCUT2D eigenvalue weighted by atomic mass is 10.1. The Labute approximate surface area is 87.6 Å². The monoisotopic (exact) mass is 198 g/mol. The number of hydrogen-bond donors (Lipinski definition) is 2. The highest BCUT2D eigenvalue weighted by atomic mass is 14.9. The number of H-pyrrole nitrogens is 1. The van der Waals surface area contributed by atoms with Crippen LogP contribution >= 0.6 is 0 Å². The number of para-hydroxylation sites is 1. The zero-order valence-corrected chi connectivity index (χ0v) is 8.28. The molecule has 74 valence electrons. The highest BCUT2D eigenvalue weighted by molar-refractivity contribution is 5.78. The molecule has 0 aliphatic heterocycles. The minimum Gasteiger partial charge on any atom is -0.386 e. The molecular weight excluding hydrogens is 188 g/mol. The van der Waals surface area contributed by atoms with Crippen LogP contribution in [0.25, 0.3) is 11.4 Å². The van der Waals surface area contributed by atoms with Crippen molar-refractivity contribution in [1.29, 1.82) is 5.26 Å². The number of nitrogens with zero attached hydrogens (tertiary/aromatic N) is 2. The quantitative estimate of drug-likeness (QED) is 0.775. The lowest BCUT2D eigenvalue weighted by Crippen LogP contribution is -1.96. The van der Waals surface area contributed by atoms with Gasteiger partial charge < -0.3 is 10.3 Å². The first-order valence-corrected chi connectivity index (χ1v) is 4.57. The summed E-state index contributed by atoms with van der Waals surface area (Å²) >= 11 is 0. The lowest BCUT2D eigenvalue weighted by molar-refractivity contribution is 1.30. The van der Waals surface area contributed by atoms with Gasteiger partial charge in [-0.3, -0.25) is 0 Å². The third kappa shape index (κ3) is 1.55. The molecule has 0 fully saturated rings. The van der Waals surface area contributed by atoms with Crippen LogP contribution in [-0.2, 0) is 0 Å². The fourth-order valence-corrected chi connectivity index (χ4v) is 1.52. The van der Waals surface area contributed by atoms with E-state index in [2.05, 4.69) is 21.4 Å². The predicted octanol–water partition coefficient (Wildman–Crippen LogP) is 1.99. The smallest absolute Gasteiger partial charge is 0.139 e. The van der Waals surface area contributed by atoms with Gasteiger partial charge in [0.15, 0.2) is 0 Å². The van der Waals surface area contributed by atoms with Gasteiger partial charge in [0.2, 0.25) is 0 Å². The number of nitrogens with one attached hydrogen (secondary N) is 2. The summed E-state index contributed by atoms with van der Waals surface area (Å²) in [5.74, 6) is 0.761. The number of rotatable bonds is 2. The molecule has 0 amide bonds. The van der Waals surface area contributed by atoms with E-state index in [1.54, 1.807) is 25.5 Å². The van der Waals surface area contributed by atoms with Gasteiger partial charge in [-0.15, -0.1) is 0 Å². The average Bonchev–Trinajstić information content (AvgIpc) is 2.81. The molecule has 2 rings (SSSR count). The molecule has 0 saturated carbocycles.